The van der Waals surface area contributed by atoms with Gasteiger partial charge in [0.2, 0.25) is 0 Å². The summed E-state index contributed by atoms with van der Waals surface area (Å²) in [5, 5.41) is 110. The predicted octanol–water partition coefficient (Wildman–Crippen LogP) is -5.07. The second-order valence-corrected chi connectivity index (χ2v) is 14.4. The van der Waals surface area contributed by atoms with Gasteiger partial charge in [0, 0.05) is 43.9 Å². The lowest BCUT2D eigenvalue weighted by Gasteiger charge is -2.41. The smallest absolute Gasteiger partial charge is 0.277 e. The number of likely N-dealkylation sites (tertiary alicyclic amines) is 1. The van der Waals surface area contributed by atoms with Gasteiger partial charge in [0.25, 0.3) is 17.6 Å². The molecular weight excluding hydrogens is 764 g/mol. The van der Waals surface area contributed by atoms with Gasteiger partial charge in [-0.05, 0) is 38.8 Å². The van der Waals surface area contributed by atoms with Gasteiger partial charge in [0.15, 0.2) is 28.2 Å². The Balaban J connectivity index is 1.31. The zero-order valence-corrected chi connectivity index (χ0v) is 32.3. The number of H-pyrrole nitrogens is 1. The van der Waals surface area contributed by atoms with E-state index >= 15 is 0 Å². The number of aliphatic hydroxyl groups is 10. The van der Waals surface area contributed by atoms with Crippen molar-refractivity contribution in [1.82, 2.24) is 39.8 Å². The number of aryl methyl sites for hydroxylation is 2. The number of imidazole rings is 1. The van der Waals surface area contributed by atoms with Crippen LogP contribution in [0.4, 0.5) is 5.82 Å². The molecule has 0 saturated carbocycles. The SMILES string of the molecule is CCn1c(CNC(=O)c2nc3cn[nH]c3nc2N)[n+](CC)c2ccc(C(=O)N3CCC(N(CC(O)C(O)C(O)C(O)CO)CC(O)C(O)C(O)C(O)CO)CC3)cc21. The number of nitrogens with one attached hydrogen (secondary N) is 2. The first kappa shape index (κ1) is 44.6. The number of aromatic amines is 1. The van der Waals surface area contributed by atoms with Gasteiger partial charge < -0.3 is 67.0 Å². The minimum Gasteiger partial charge on any atom is -0.394 e. The zero-order valence-electron chi connectivity index (χ0n) is 32.3. The van der Waals surface area contributed by atoms with E-state index in [0.717, 1.165) is 16.9 Å². The maximum atomic E-state index is 13.9. The molecule has 4 heterocycles. The number of nitrogens with zero attached hydrogens (tertiary/aromatic N) is 7. The third-order valence-electron chi connectivity index (χ3n) is 10.8. The molecule has 2 amide bonds. The van der Waals surface area contributed by atoms with E-state index in [0.29, 0.717) is 42.7 Å². The molecule has 4 aromatic rings. The Morgan fingerprint density at radius 1 is 0.914 bits per heavy atom. The number of aliphatic hydroxyl groups excluding tert-OH is 10. The van der Waals surface area contributed by atoms with Crippen LogP contribution in [0.2, 0.25) is 0 Å². The van der Waals surface area contributed by atoms with Gasteiger partial charge >= 0.3 is 0 Å². The minimum atomic E-state index is -1.92. The summed E-state index contributed by atoms with van der Waals surface area (Å²) in [6, 6.07) is 4.90. The molecule has 0 spiro atoms. The fraction of sp³-hybridized carbons (Fsp3) is 0.611. The van der Waals surface area contributed by atoms with Crippen LogP contribution in [0.25, 0.3) is 22.2 Å². The Morgan fingerprint density at radius 3 is 2.05 bits per heavy atom. The summed E-state index contributed by atoms with van der Waals surface area (Å²) in [6.45, 7) is 2.99. The Bertz CT molecular complexity index is 1980. The molecule has 58 heavy (non-hydrogen) atoms. The van der Waals surface area contributed by atoms with Crippen LogP contribution >= 0.6 is 0 Å². The van der Waals surface area contributed by atoms with E-state index in [-0.39, 0.29) is 37.1 Å². The van der Waals surface area contributed by atoms with E-state index in [1.165, 1.54) is 11.1 Å². The number of fused-ring (bicyclic) bond motifs is 2. The third kappa shape index (κ3) is 9.53. The van der Waals surface area contributed by atoms with E-state index in [1.54, 1.807) is 17.0 Å². The topological polar surface area (TPSA) is 344 Å². The van der Waals surface area contributed by atoms with Crippen molar-refractivity contribution in [2.75, 3.05) is 45.1 Å². The summed E-state index contributed by atoms with van der Waals surface area (Å²) in [7, 11) is 0. The molecule has 1 saturated heterocycles. The molecule has 1 fully saturated rings. The van der Waals surface area contributed by atoms with E-state index in [2.05, 4.69) is 25.5 Å². The molecule has 22 nitrogen and oxygen atoms in total. The fourth-order valence-corrected chi connectivity index (χ4v) is 7.43. The van der Waals surface area contributed by atoms with Crippen molar-refractivity contribution in [3.05, 3.63) is 41.5 Å². The third-order valence-corrected chi connectivity index (χ3v) is 10.8. The standard InChI is InChI=1S/C36H54N10O12/c1-3-45-21-6-5-18(11-22(21)46(4-2)27(45)13-38-35(57)28-33(37)41-34-20(40-28)12-39-42-34)36(58)43-9-7-19(8-10-43)44(14-23(49)29(53)31(55)25(51)16-47)15-24(50)30(54)32(56)26(52)17-48/h5-6,11-12,19,23-26,29-32,47-56H,3-4,7-10,13-17H2,1-2H3,(H3-,37,38,39,40,41,42,57)/p+1. The lowest BCUT2D eigenvalue weighted by atomic mass is 9.97. The molecule has 1 aliphatic rings. The van der Waals surface area contributed by atoms with Crippen molar-refractivity contribution < 1.29 is 65.2 Å². The van der Waals surface area contributed by atoms with Crippen molar-refractivity contribution in [2.24, 2.45) is 0 Å². The number of anilines is 1. The normalized spacial score (nSPS) is 18.3. The molecule has 0 radical (unpaired) electrons. The van der Waals surface area contributed by atoms with Gasteiger partial charge in [-0.15, -0.1) is 0 Å². The van der Waals surface area contributed by atoms with Crippen molar-refractivity contribution >= 4 is 39.8 Å². The molecule has 22 heteroatoms. The van der Waals surface area contributed by atoms with Crippen LogP contribution in [0, 0.1) is 0 Å². The first-order valence-electron chi connectivity index (χ1n) is 19.1. The molecule has 8 unspecified atom stereocenters. The Hall–Kier alpha value is -4.46. The van der Waals surface area contributed by atoms with E-state index in [4.69, 9.17) is 5.73 Å². The van der Waals surface area contributed by atoms with Crippen molar-refractivity contribution in [1.29, 1.82) is 0 Å². The number of carbonyl (C=O) groups is 2. The summed E-state index contributed by atoms with van der Waals surface area (Å²) in [6.07, 6.45) is -12.5. The predicted molar refractivity (Wildman–Crippen MR) is 203 cm³/mol. The van der Waals surface area contributed by atoms with Crippen molar-refractivity contribution in [2.45, 2.75) is 101 Å². The number of amides is 2. The van der Waals surface area contributed by atoms with Crippen LogP contribution in [0.15, 0.2) is 24.4 Å². The van der Waals surface area contributed by atoms with Crippen LogP contribution in [0.1, 0.15) is 53.4 Å². The number of hydrogen-bond acceptors (Lipinski definition) is 17. The van der Waals surface area contributed by atoms with Crippen LogP contribution in [-0.2, 0) is 19.6 Å². The van der Waals surface area contributed by atoms with Crippen LogP contribution < -0.4 is 15.6 Å². The molecule has 8 atom stereocenters. The number of carbonyl (C=O) groups excluding carboxylic acids is 2. The van der Waals surface area contributed by atoms with E-state index in [1.807, 2.05) is 29.0 Å². The van der Waals surface area contributed by atoms with Gasteiger partial charge in [-0.3, -0.25) is 19.6 Å². The minimum absolute atomic E-state index is 0.0354. The molecule has 0 bridgehead atoms. The number of aromatic nitrogens is 6. The molecule has 14 N–H and O–H groups in total. The Labute approximate surface area is 332 Å². The van der Waals surface area contributed by atoms with Gasteiger partial charge in [-0.25, -0.2) is 19.1 Å². The Morgan fingerprint density at radius 2 is 1.50 bits per heavy atom. The summed E-state index contributed by atoms with van der Waals surface area (Å²) >= 11 is 0. The van der Waals surface area contributed by atoms with Crippen LogP contribution in [0.5, 0.6) is 0 Å². The largest absolute Gasteiger partial charge is 0.394 e. The van der Waals surface area contributed by atoms with Crippen LogP contribution in [0.3, 0.4) is 0 Å². The number of nitrogens with two attached hydrogens (primary N) is 1. The van der Waals surface area contributed by atoms with Gasteiger partial charge in [0.05, 0.1) is 44.7 Å². The highest BCUT2D eigenvalue weighted by Crippen LogP contribution is 2.24. The second-order valence-electron chi connectivity index (χ2n) is 14.4. The maximum Gasteiger partial charge on any atom is 0.277 e. The lowest BCUT2D eigenvalue weighted by molar-refractivity contribution is -0.676. The zero-order chi connectivity index (χ0) is 42.4. The Kier molecular flexibility index (Phi) is 15.0. The summed E-state index contributed by atoms with van der Waals surface area (Å²) in [4.78, 5) is 38.7. The highest BCUT2D eigenvalue weighted by molar-refractivity contribution is 5.98. The van der Waals surface area contributed by atoms with Gasteiger partial charge in [0.1, 0.15) is 48.7 Å². The van der Waals surface area contributed by atoms with Crippen molar-refractivity contribution in [3.8, 4) is 0 Å². The lowest BCUT2D eigenvalue weighted by Crippen LogP contribution is -2.56. The number of rotatable bonds is 19. The number of piperidine rings is 1. The number of hydrogen-bond donors (Lipinski definition) is 13. The maximum absolute atomic E-state index is 13.9. The first-order valence-corrected chi connectivity index (χ1v) is 19.1. The van der Waals surface area contributed by atoms with E-state index < -0.39 is 87.1 Å². The quantitative estimate of drug-likeness (QED) is 0.0394. The highest BCUT2D eigenvalue weighted by atomic mass is 16.4. The average Bonchev–Trinajstić information content (AvgIpc) is 3.83. The molecule has 0 aliphatic carbocycles. The molecule has 3 aromatic heterocycles. The van der Waals surface area contributed by atoms with Gasteiger partial charge in [-0.1, -0.05) is 0 Å². The number of nitrogen functional groups attached to an aromatic ring is 1. The van der Waals surface area contributed by atoms with E-state index in [9.17, 15) is 60.7 Å². The second kappa shape index (κ2) is 19.5. The fourth-order valence-electron chi connectivity index (χ4n) is 7.43. The van der Waals surface area contributed by atoms with Crippen molar-refractivity contribution in [3.63, 3.8) is 0 Å². The molecule has 1 aliphatic heterocycles. The molecule has 5 rings (SSSR count). The van der Waals surface area contributed by atoms with Crippen LogP contribution in [-0.4, -0.2) is 192 Å². The van der Waals surface area contributed by atoms with Gasteiger partial charge in [-0.2, -0.15) is 5.10 Å². The highest BCUT2D eigenvalue weighted by Gasteiger charge is 2.38. The molecule has 1 aromatic carbocycles. The molecule has 320 valence electrons. The monoisotopic (exact) mass is 819 g/mol. The first-order chi connectivity index (χ1) is 27.6. The summed E-state index contributed by atoms with van der Waals surface area (Å²) in [5.41, 5.74) is 8.74. The summed E-state index contributed by atoms with van der Waals surface area (Å²) < 4.78 is 4.03. The average molecular weight is 820 g/mol. The summed E-state index contributed by atoms with van der Waals surface area (Å²) in [5.74, 6) is -0.0586. The molecular formula is C36H55N10O12+. The number of benzene rings is 1.